The van der Waals surface area contributed by atoms with Crippen LogP contribution in [-0.2, 0) is 14.3 Å². The highest BCUT2D eigenvalue weighted by molar-refractivity contribution is 5.89. The lowest BCUT2D eigenvalue weighted by Crippen LogP contribution is -2.61. The van der Waals surface area contributed by atoms with E-state index < -0.39 is 29.5 Å². The lowest BCUT2D eigenvalue weighted by Gasteiger charge is -2.36. The van der Waals surface area contributed by atoms with E-state index >= 15 is 0 Å². The zero-order chi connectivity index (χ0) is 16.2. The van der Waals surface area contributed by atoms with Crippen LogP contribution in [0.15, 0.2) is 0 Å². The first-order valence-corrected chi connectivity index (χ1v) is 6.77. The highest BCUT2D eigenvalue weighted by Crippen LogP contribution is 2.20. The minimum Gasteiger partial charge on any atom is -0.480 e. The molecule has 0 spiro atoms. The van der Waals surface area contributed by atoms with E-state index in [0.717, 1.165) is 0 Å². The van der Waals surface area contributed by atoms with Crippen molar-refractivity contribution in [3.63, 3.8) is 0 Å². The second-order valence-corrected chi connectivity index (χ2v) is 5.99. The summed E-state index contributed by atoms with van der Waals surface area (Å²) < 4.78 is 5.21. The molecule has 8 nitrogen and oxygen atoms in total. The van der Waals surface area contributed by atoms with Crippen LogP contribution < -0.4 is 10.6 Å². The smallest absolute Gasteiger partial charge is 0.326 e. The number of carbonyl (C=O) groups is 3. The molecule has 21 heavy (non-hydrogen) atoms. The SMILES string of the molecule is CNC(=O)C1COCCN1C(=O)N[C@H](C(=O)O)C(C)(C)C. The average molecular weight is 301 g/mol. The minimum absolute atomic E-state index is 0.0976. The van der Waals surface area contributed by atoms with Crippen LogP contribution in [0.5, 0.6) is 0 Å². The van der Waals surface area contributed by atoms with Gasteiger partial charge in [-0.3, -0.25) is 4.79 Å². The first-order valence-electron chi connectivity index (χ1n) is 6.77. The monoisotopic (exact) mass is 301 g/mol. The largest absolute Gasteiger partial charge is 0.480 e. The molecule has 0 bridgehead atoms. The summed E-state index contributed by atoms with van der Waals surface area (Å²) in [5, 5.41) is 14.2. The number of aliphatic carboxylic acids is 1. The number of carboxylic acid groups (broad SMARTS) is 1. The molecule has 0 aliphatic carbocycles. The van der Waals surface area contributed by atoms with Crippen LogP contribution in [-0.4, -0.2) is 66.8 Å². The van der Waals surface area contributed by atoms with Crippen molar-refractivity contribution in [2.75, 3.05) is 26.8 Å². The van der Waals surface area contributed by atoms with Crippen molar-refractivity contribution < 1.29 is 24.2 Å². The van der Waals surface area contributed by atoms with E-state index in [0.29, 0.717) is 6.61 Å². The van der Waals surface area contributed by atoms with Crippen molar-refractivity contribution in [1.29, 1.82) is 0 Å². The van der Waals surface area contributed by atoms with E-state index in [1.54, 1.807) is 20.8 Å². The highest BCUT2D eigenvalue weighted by atomic mass is 16.5. The highest BCUT2D eigenvalue weighted by Gasteiger charge is 2.37. The van der Waals surface area contributed by atoms with Crippen molar-refractivity contribution >= 4 is 17.9 Å². The fraction of sp³-hybridized carbons (Fsp3) is 0.769. The molecule has 120 valence electrons. The molecule has 0 saturated carbocycles. The van der Waals surface area contributed by atoms with E-state index in [2.05, 4.69) is 10.6 Å². The van der Waals surface area contributed by atoms with E-state index in [-0.39, 0.29) is 19.1 Å². The van der Waals surface area contributed by atoms with Gasteiger partial charge in [-0.15, -0.1) is 0 Å². The Morgan fingerprint density at radius 2 is 1.95 bits per heavy atom. The maximum absolute atomic E-state index is 12.3. The lowest BCUT2D eigenvalue weighted by atomic mass is 9.87. The molecule has 2 atom stereocenters. The molecule has 1 aliphatic rings. The topological polar surface area (TPSA) is 108 Å². The van der Waals surface area contributed by atoms with Crippen molar-refractivity contribution in [3.05, 3.63) is 0 Å². The Morgan fingerprint density at radius 3 is 2.43 bits per heavy atom. The number of ether oxygens (including phenoxy) is 1. The van der Waals surface area contributed by atoms with Gasteiger partial charge in [0.15, 0.2) is 0 Å². The standard InChI is InChI=1S/C13H23N3O5/c1-13(2,3)9(11(18)19)15-12(20)16-5-6-21-7-8(16)10(17)14-4/h8-9H,5-7H2,1-4H3,(H,14,17)(H,15,20)(H,18,19)/t8?,9-/m1/s1. The zero-order valence-electron chi connectivity index (χ0n) is 12.8. The summed E-state index contributed by atoms with van der Waals surface area (Å²) in [6.45, 7) is 5.82. The summed E-state index contributed by atoms with van der Waals surface area (Å²) in [4.78, 5) is 36.7. The Kier molecular flexibility index (Phi) is 5.54. The van der Waals surface area contributed by atoms with Crippen LogP contribution in [0.2, 0.25) is 0 Å². The van der Waals surface area contributed by atoms with Gasteiger partial charge in [0, 0.05) is 13.6 Å². The number of nitrogens with one attached hydrogen (secondary N) is 2. The molecular formula is C13H23N3O5. The van der Waals surface area contributed by atoms with Crippen molar-refractivity contribution in [2.45, 2.75) is 32.9 Å². The second-order valence-electron chi connectivity index (χ2n) is 5.99. The van der Waals surface area contributed by atoms with E-state index in [4.69, 9.17) is 4.74 Å². The number of nitrogens with zero attached hydrogens (tertiary/aromatic N) is 1. The third-order valence-electron chi connectivity index (χ3n) is 3.32. The first kappa shape index (κ1) is 17.2. The Morgan fingerprint density at radius 1 is 1.33 bits per heavy atom. The first-order chi connectivity index (χ1) is 9.68. The predicted molar refractivity (Wildman–Crippen MR) is 74.8 cm³/mol. The fourth-order valence-electron chi connectivity index (χ4n) is 2.09. The number of urea groups is 1. The van der Waals surface area contributed by atoms with Crippen LogP contribution in [0, 0.1) is 5.41 Å². The van der Waals surface area contributed by atoms with Gasteiger partial charge in [-0.05, 0) is 5.41 Å². The third-order valence-corrected chi connectivity index (χ3v) is 3.32. The van der Waals surface area contributed by atoms with Crippen molar-refractivity contribution in [1.82, 2.24) is 15.5 Å². The Hall–Kier alpha value is -1.83. The van der Waals surface area contributed by atoms with Crippen LogP contribution in [0.3, 0.4) is 0 Å². The Labute approximate surface area is 123 Å². The molecule has 0 aromatic heterocycles. The number of morpholine rings is 1. The van der Waals surface area contributed by atoms with E-state index in [1.165, 1.54) is 11.9 Å². The van der Waals surface area contributed by atoms with Crippen molar-refractivity contribution in [3.8, 4) is 0 Å². The maximum atomic E-state index is 12.3. The summed E-state index contributed by atoms with van der Waals surface area (Å²) in [5.74, 6) is -1.45. The van der Waals surface area contributed by atoms with E-state index in [9.17, 15) is 19.5 Å². The van der Waals surface area contributed by atoms with Gasteiger partial charge in [-0.25, -0.2) is 9.59 Å². The van der Waals surface area contributed by atoms with Gasteiger partial charge in [0.2, 0.25) is 5.91 Å². The van der Waals surface area contributed by atoms with E-state index in [1.807, 2.05) is 0 Å². The molecular weight excluding hydrogens is 278 g/mol. The quantitative estimate of drug-likeness (QED) is 0.660. The molecule has 1 heterocycles. The molecule has 0 radical (unpaired) electrons. The summed E-state index contributed by atoms with van der Waals surface area (Å²) >= 11 is 0. The molecule has 0 aromatic rings. The molecule has 0 aromatic carbocycles. The maximum Gasteiger partial charge on any atom is 0.326 e. The van der Waals surface area contributed by atoms with Crippen LogP contribution >= 0.6 is 0 Å². The molecule has 1 unspecified atom stereocenters. The van der Waals surface area contributed by atoms with Gasteiger partial charge in [0.1, 0.15) is 12.1 Å². The number of hydrogen-bond donors (Lipinski definition) is 3. The van der Waals surface area contributed by atoms with Gasteiger partial charge in [-0.2, -0.15) is 0 Å². The third kappa shape index (κ3) is 4.32. The van der Waals surface area contributed by atoms with Gasteiger partial charge in [-0.1, -0.05) is 20.8 Å². The number of carboxylic acids is 1. The summed E-state index contributed by atoms with van der Waals surface area (Å²) in [6, 6.07) is -2.37. The van der Waals surface area contributed by atoms with Gasteiger partial charge in [0.25, 0.3) is 0 Å². The number of rotatable bonds is 3. The number of hydrogen-bond acceptors (Lipinski definition) is 4. The number of likely N-dealkylation sites (N-methyl/N-ethyl adjacent to an activating group) is 1. The van der Waals surface area contributed by atoms with Crippen LogP contribution in [0.4, 0.5) is 4.79 Å². The molecule has 1 saturated heterocycles. The molecule has 3 amide bonds. The summed E-state index contributed by atoms with van der Waals surface area (Å²) in [6.07, 6.45) is 0. The lowest BCUT2D eigenvalue weighted by molar-refractivity contribution is -0.142. The number of amides is 3. The molecule has 1 aliphatic heterocycles. The fourth-order valence-corrected chi connectivity index (χ4v) is 2.09. The summed E-state index contributed by atoms with van der Waals surface area (Å²) in [5.41, 5.74) is -0.643. The van der Waals surface area contributed by atoms with Gasteiger partial charge < -0.3 is 25.4 Å². The molecule has 3 N–H and O–H groups in total. The second kappa shape index (κ2) is 6.75. The molecule has 1 rings (SSSR count). The Bertz CT molecular complexity index is 419. The summed E-state index contributed by atoms with van der Waals surface area (Å²) in [7, 11) is 1.47. The molecule has 8 heteroatoms. The van der Waals surface area contributed by atoms with Crippen LogP contribution in [0.1, 0.15) is 20.8 Å². The number of carbonyl (C=O) groups excluding carboxylic acids is 2. The Balaban J connectivity index is 2.84. The van der Waals surface area contributed by atoms with Gasteiger partial charge in [0.05, 0.1) is 13.2 Å². The zero-order valence-corrected chi connectivity index (χ0v) is 12.8. The molecule has 1 fully saturated rings. The normalized spacial score (nSPS) is 20.6. The van der Waals surface area contributed by atoms with Gasteiger partial charge >= 0.3 is 12.0 Å². The minimum atomic E-state index is -1.11. The average Bonchev–Trinajstić information content (AvgIpc) is 2.42. The van der Waals surface area contributed by atoms with Crippen molar-refractivity contribution in [2.24, 2.45) is 5.41 Å². The van der Waals surface area contributed by atoms with Crippen LogP contribution in [0.25, 0.3) is 0 Å². The predicted octanol–water partition coefficient (Wildman–Crippen LogP) is -0.358.